The van der Waals surface area contributed by atoms with Crippen molar-refractivity contribution in [2.45, 2.75) is 12.8 Å². The van der Waals surface area contributed by atoms with Crippen LogP contribution >= 0.6 is 0 Å². The zero-order valence-electron chi connectivity index (χ0n) is 11.6. The van der Waals surface area contributed by atoms with Crippen molar-refractivity contribution in [3.8, 4) is 5.75 Å². The largest absolute Gasteiger partial charge is 0.495 e. The molecule has 0 aromatic heterocycles. The third-order valence-corrected chi connectivity index (χ3v) is 3.85. The Kier molecular flexibility index (Phi) is 3.00. The first-order valence-electron chi connectivity index (χ1n) is 6.63. The summed E-state index contributed by atoms with van der Waals surface area (Å²) in [5.41, 5.74) is 3.05. The van der Waals surface area contributed by atoms with Crippen LogP contribution in [0.15, 0.2) is 12.1 Å². The van der Waals surface area contributed by atoms with E-state index < -0.39 is 0 Å². The van der Waals surface area contributed by atoms with Gasteiger partial charge in [0.15, 0.2) is 0 Å². The molecule has 1 aromatic carbocycles. The molecule has 1 N–H and O–H groups in total. The first kappa shape index (κ1) is 12.8. The highest BCUT2D eigenvalue weighted by molar-refractivity contribution is 6.06. The Hall–Kier alpha value is -2.24. The van der Waals surface area contributed by atoms with Crippen molar-refractivity contribution in [2.24, 2.45) is 0 Å². The third-order valence-electron chi connectivity index (χ3n) is 3.85. The summed E-state index contributed by atoms with van der Waals surface area (Å²) in [5.74, 6) is 0.437. The van der Waals surface area contributed by atoms with Gasteiger partial charge in [0.1, 0.15) is 5.75 Å². The lowest BCUT2D eigenvalue weighted by molar-refractivity contribution is -0.120. The number of hydrogen-bond donors (Lipinski definition) is 1. The van der Waals surface area contributed by atoms with Crippen LogP contribution in [0.25, 0.3) is 0 Å². The van der Waals surface area contributed by atoms with Gasteiger partial charge in [0.2, 0.25) is 5.91 Å². The summed E-state index contributed by atoms with van der Waals surface area (Å²) < 4.78 is 5.41. The highest BCUT2D eigenvalue weighted by Gasteiger charge is 2.28. The minimum atomic E-state index is -0.389. The maximum absolute atomic E-state index is 12.0. The Morgan fingerprint density at radius 3 is 2.65 bits per heavy atom. The quantitative estimate of drug-likeness (QED) is 0.879. The number of nitrogens with one attached hydrogen (secondary N) is 1. The maximum Gasteiger partial charge on any atom is 0.328 e. The Morgan fingerprint density at radius 1 is 1.15 bits per heavy atom. The molecule has 1 saturated heterocycles. The third kappa shape index (κ3) is 1.97. The second-order valence-corrected chi connectivity index (χ2v) is 5.08. The molecule has 1 aromatic rings. The fourth-order valence-corrected chi connectivity index (χ4v) is 2.73. The molecule has 0 saturated carbocycles. The van der Waals surface area contributed by atoms with Gasteiger partial charge in [-0.15, -0.1) is 0 Å². The maximum atomic E-state index is 12.0. The van der Waals surface area contributed by atoms with Crippen LogP contribution in [0.5, 0.6) is 5.75 Å². The molecule has 0 atom stereocenters. The van der Waals surface area contributed by atoms with Crippen LogP contribution in [0.4, 0.5) is 16.2 Å². The van der Waals surface area contributed by atoms with Gasteiger partial charge in [-0.25, -0.2) is 4.79 Å². The Labute approximate surface area is 117 Å². The summed E-state index contributed by atoms with van der Waals surface area (Å²) in [7, 11) is 3.62. The van der Waals surface area contributed by atoms with Crippen molar-refractivity contribution in [1.29, 1.82) is 0 Å². The number of nitrogens with zero attached hydrogens (tertiary/aromatic N) is 2. The van der Waals surface area contributed by atoms with E-state index in [0.29, 0.717) is 24.4 Å². The van der Waals surface area contributed by atoms with Gasteiger partial charge in [0.25, 0.3) is 0 Å². The van der Waals surface area contributed by atoms with Crippen molar-refractivity contribution in [2.75, 3.05) is 37.0 Å². The summed E-state index contributed by atoms with van der Waals surface area (Å²) in [6.45, 7) is 1.34. The van der Waals surface area contributed by atoms with Crippen LogP contribution in [0.3, 0.4) is 0 Å². The van der Waals surface area contributed by atoms with Crippen molar-refractivity contribution < 1.29 is 14.3 Å². The fourth-order valence-electron chi connectivity index (χ4n) is 2.73. The zero-order chi connectivity index (χ0) is 14.3. The molecule has 2 aliphatic heterocycles. The predicted molar refractivity (Wildman–Crippen MR) is 75.5 cm³/mol. The number of carbonyl (C=O) groups is 2. The number of likely N-dealkylation sites (N-methyl/N-ethyl adjacent to an activating group) is 1. The minimum absolute atomic E-state index is 0.233. The normalized spacial score (nSPS) is 18.1. The molecule has 0 bridgehead atoms. The van der Waals surface area contributed by atoms with Gasteiger partial charge in [-0.1, -0.05) is 0 Å². The summed E-state index contributed by atoms with van der Waals surface area (Å²) in [6, 6.07) is 3.56. The molecule has 0 radical (unpaired) electrons. The molecule has 20 heavy (non-hydrogen) atoms. The van der Waals surface area contributed by atoms with Crippen molar-refractivity contribution in [3.63, 3.8) is 0 Å². The molecule has 2 heterocycles. The average molecular weight is 275 g/mol. The molecule has 1 fully saturated rings. The van der Waals surface area contributed by atoms with Crippen LogP contribution in [0.2, 0.25) is 0 Å². The summed E-state index contributed by atoms with van der Waals surface area (Å²) in [6.07, 6.45) is 1.29. The van der Waals surface area contributed by atoms with Gasteiger partial charge in [0, 0.05) is 32.2 Å². The monoisotopic (exact) mass is 275 g/mol. The highest BCUT2D eigenvalue weighted by atomic mass is 16.5. The van der Waals surface area contributed by atoms with Crippen molar-refractivity contribution in [1.82, 2.24) is 5.32 Å². The molecule has 3 amide bonds. The number of carbonyl (C=O) groups excluding carboxylic acids is 2. The van der Waals surface area contributed by atoms with Gasteiger partial charge in [-0.2, -0.15) is 0 Å². The number of methoxy groups -OCH3 is 1. The van der Waals surface area contributed by atoms with Gasteiger partial charge < -0.3 is 9.64 Å². The number of anilines is 2. The average Bonchev–Trinajstić information content (AvgIpc) is 2.78. The molecule has 0 spiro atoms. The van der Waals surface area contributed by atoms with Gasteiger partial charge in [0.05, 0.1) is 12.8 Å². The molecule has 0 aliphatic carbocycles. The fraction of sp³-hybridized carbons (Fsp3) is 0.429. The van der Waals surface area contributed by atoms with Crippen molar-refractivity contribution in [3.05, 3.63) is 17.7 Å². The second-order valence-electron chi connectivity index (χ2n) is 5.08. The molecule has 106 valence electrons. The van der Waals surface area contributed by atoms with Crippen molar-refractivity contribution >= 4 is 23.3 Å². The Balaban J connectivity index is 2.02. The molecule has 6 heteroatoms. The molecular weight excluding hydrogens is 258 g/mol. The van der Waals surface area contributed by atoms with E-state index in [1.807, 2.05) is 19.2 Å². The lowest BCUT2D eigenvalue weighted by atomic mass is 10.1. The van der Waals surface area contributed by atoms with Gasteiger partial charge in [-0.05, 0) is 24.1 Å². The molecule has 6 nitrogen and oxygen atoms in total. The molecule has 3 rings (SSSR count). The van der Waals surface area contributed by atoms with E-state index >= 15 is 0 Å². The summed E-state index contributed by atoms with van der Waals surface area (Å²) in [4.78, 5) is 26.9. The van der Waals surface area contributed by atoms with E-state index in [0.717, 1.165) is 18.7 Å². The van der Waals surface area contributed by atoms with E-state index in [1.165, 1.54) is 5.56 Å². The number of rotatable bonds is 2. The number of fused-ring (bicyclic) bond motifs is 1. The van der Waals surface area contributed by atoms with E-state index in [1.54, 1.807) is 12.0 Å². The first-order valence-corrected chi connectivity index (χ1v) is 6.63. The minimum Gasteiger partial charge on any atom is -0.495 e. The van der Waals surface area contributed by atoms with Crippen LogP contribution in [-0.4, -0.2) is 39.2 Å². The SMILES string of the molecule is COc1cc2c(cc1N1CCC(=O)NC1=O)N(C)CC2. The van der Waals surface area contributed by atoms with Crippen LogP contribution in [-0.2, 0) is 11.2 Å². The van der Waals surface area contributed by atoms with Crippen LogP contribution < -0.4 is 19.9 Å². The molecule has 0 unspecified atom stereocenters. The smallest absolute Gasteiger partial charge is 0.328 e. The predicted octanol–water partition coefficient (Wildman–Crippen LogP) is 1.13. The number of hydrogen-bond acceptors (Lipinski definition) is 4. The highest BCUT2D eigenvalue weighted by Crippen LogP contribution is 2.39. The second kappa shape index (κ2) is 4.70. The lowest BCUT2D eigenvalue weighted by Crippen LogP contribution is -2.49. The van der Waals surface area contributed by atoms with Crippen LogP contribution in [0, 0.1) is 0 Å². The number of benzene rings is 1. The lowest BCUT2D eigenvalue weighted by Gasteiger charge is -2.28. The summed E-state index contributed by atoms with van der Waals surface area (Å²) in [5, 5.41) is 2.34. The topological polar surface area (TPSA) is 61.9 Å². The standard InChI is InChI=1S/C14H17N3O3/c1-16-5-3-9-7-12(20-2)11(8-10(9)16)17-6-4-13(18)15-14(17)19/h7-8H,3-6H2,1-2H3,(H,15,18,19). The Bertz CT molecular complexity index is 585. The number of ether oxygens (including phenoxy) is 1. The zero-order valence-corrected chi connectivity index (χ0v) is 11.6. The van der Waals surface area contributed by atoms with E-state index in [4.69, 9.17) is 4.74 Å². The molecule has 2 aliphatic rings. The first-order chi connectivity index (χ1) is 9.60. The number of amides is 3. The number of urea groups is 1. The Morgan fingerprint density at radius 2 is 1.95 bits per heavy atom. The van der Waals surface area contributed by atoms with Crippen LogP contribution in [0.1, 0.15) is 12.0 Å². The van der Waals surface area contributed by atoms with E-state index in [2.05, 4.69) is 10.2 Å². The summed E-state index contributed by atoms with van der Waals surface area (Å²) >= 11 is 0. The van der Waals surface area contributed by atoms with E-state index in [9.17, 15) is 9.59 Å². The number of imide groups is 1. The van der Waals surface area contributed by atoms with Gasteiger partial charge in [-0.3, -0.25) is 15.0 Å². The molecular formula is C14H17N3O3. The van der Waals surface area contributed by atoms with Gasteiger partial charge >= 0.3 is 6.03 Å². The van der Waals surface area contributed by atoms with E-state index in [-0.39, 0.29) is 11.9 Å².